The number of benzene rings is 1. The van der Waals surface area contributed by atoms with E-state index in [2.05, 4.69) is 21.2 Å². The van der Waals surface area contributed by atoms with Crippen molar-refractivity contribution in [1.82, 2.24) is 5.32 Å². The minimum atomic E-state index is -0.394. The van der Waals surface area contributed by atoms with Gasteiger partial charge in [0.05, 0.1) is 12.7 Å². The highest BCUT2D eigenvalue weighted by Crippen LogP contribution is 2.29. The molecule has 2 amide bonds. The summed E-state index contributed by atoms with van der Waals surface area (Å²) in [5.41, 5.74) is 0.985. The minimum Gasteiger partial charge on any atom is -0.497 e. The molecule has 0 radical (unpaired) electrons. The number of hydrogen-bond donors (Lipinski definition) is 1. The number of halogens is 1. The van der Waals surface area contributed by atoms with Crippen LogP contribution >= 0.6 is 15.9 Å². The Kier molecular flexibility index (Phi) is 2.78. The fraction of sp³-hybridized carbons (Fsp3) is 0.0909. The number of carbonyl (C=O) groups excluding carboxylic acids is 2. The number of rotatable bonds is 2. The highest BCUT2D eigenvalue weighted by molar-refractivity contribution is 9.10. The molecule has 1 heterocycles. The first-order valence-electron chi connectivity index (χ1n) is 4.52. The summed E-state index contributed by atoms with van der Waals surface area (Å²) < 4.78 is 5.81. The van der Waals surface area contributed by atoms with Gasteiger partial charge < -0.3 is 4.74 Å². The van der Waals surface area contributed by atoms with Gasteiger partial charge in [-0.2, -0.15) is 0 Å². The highest BCUT2D eigenvalue weighted by atomic mass is 79.9. The number of hydrogen-bond acceptors (Lipinski definition) is 3. The molecule has 1 aromatic rings. The molecule has 0 fully saturated rings. The Balaban J connectivity index is 2.51. The highest BCUT2D eigenvalue weighted by Gasteiger charge is 2.23. The van der Waals surface area contributed by atoms with E-state index in [1.54, 1.807) is 25.3 Å². The molecule has 0 saturated heterocycles. The molecule has 0 aliphatic carbocycles. The lowest BCUT2D eigenvalue weighted by Gasteiger charge is -2.06. The van der Waals surface area contributed by atoms with Gasteiger partial charge in [-0.1, -0.05) is 15.9 Å². The van der Waals surface area contributed by atoms with Crippen LogP contribution in [0.1, 0.15) is 5.56 Å². The van der Waals surface area contributed by atoms with Gasteiger partial charge in [0.2, 0.25) is 0 Å². The Morgan fingerprint density at radius 1 is 1.31 bits per heavy atom. The van der Waals surface area contributed by atoms with Crippen molar-refractivity contribution in [3.63, 3.8) is 0 Å². The molecule has 16 heavy (non-hydrogen) atoms. The maximum atomic E-state index is 11.5. The lowest BCUT2D eigenvalue weighted by Crippen LogP contribution is -2.21. The predicted molar refractivity (Wildman–Crippen MR) is 61.8 cm³/mol. The van der Waals surface area contributed by atoms with Crippen LogP contribution in [0.2, 0.25) is 0 Å². The lowest BCUT2D eigenvalue weighted by molar-refractivity contribution is -0.123. The van der Waals surface area contributed by atoms with E-state index in [0.717, 1.165) is 4.47 Å². The Morgan fingerprint density at radius 2 is 2.06 bits per heavy atom. The fourth-order valence-electron chi connectivity index (χ4n) is 1.45. The zero-order chi connectivity index (χ0) is 11.7. The number of nitrogens with one attached hydrogen (secondary N) is 1. The van der Waals surface area contributed by atoms with E-state index >= 15 is 0 Å². The smallest absolute Gasteiger partial charge is 0.258 e. The minimum absolute atomic E-state index is 0.343. The third kappa shape index (κ3) is 1.86. The molecule has 1 aliphatic rings. The largest absolute Gasteiger partial charge is 0.497 e. The van der Waals surface area contributed by atoms with Gasteiger partial charge in [-0.05, 0) is 18.2 Å². The molecule has 82 valence electrons. The van der Waals surface area contributed by atoms with Gasteiger partial charge in [0.15, 0.2) is 0 Å². The molecule has 0 saturated carbocycles. The van der Waals surface area contributed by atoms with Crippen LogP contribution < -0.4 is 10.1 Å². The molecular weight excluding hydrogens is 274 g/mol. The molecule has 5 heteroatoms. The summed E-state index contributed by atoms with van der Waals surface area (Å²) >= 11 is 3.33. The van der Waals surface area contributed by atoms with Crippen LogP contribution in [0.5, 0.6) is 5.75 Å². The average molecular weight is 282 g/mol. The molecule has 1 aliphatic heterocycles. The van der Waals surface area contributed by atoms with E-state index in [1.165, 1.54) is 6.08 Å². The molecule has 0 bridgehead atoms. The first kappa shape index (κ1) is 10.9. The van der Waals surface area contributed by atoms with Crippen LogP contribution in [0.15, 0.2) is 28.7 Å². The summed E-state index contributed by atoms with van der Waals surface area (Å²) in [6.45, 7) is 0. The quantitative estimate of drug-likeness (QED) is 0.836. The number of ether oxygens (including phenoxy) is 1. The van der Waals surface area contributed by atoms with Crippen molar-refractivity contribution in [1.29, 1.82) is 0 Å². The van der Waals surface area contributed by atoms with Crippen molar-refractivity contribution in [2.75, 3.05) is 7.11 Å². The van der Waals surface area contributed by atoms with Gasteiger partial charge in [-0.3, -0.25) is 14.9 Å². The van der Waals surface area contributed by atoms with Crippen molar-refractivity contribution in [3.05, 3.63) is 34.3 Å². The summed E-state index contributed by atoms with van der Waals surface area (Å²) in [7, 11) is 1.54. The molecule has 1 aromatic carbocycles. The molecule has 2 rings (SSSR count). The van der Waals surface area contributed by atoms with Gasteiger partial charge in [-0.25, -0.2) is 0 Å². The summed E-state index contributed by atoms with van der Waals surface area (Å²) in [5.74, 6) is -0.153. The second kappa shape index (κ2) is 4.09. The van der Waals surface area contributed by atoms with Crippen LogP contribution in [0.4, 0.5) is 0 Å². The van der Waals surface area contributed by atoms with Crippen molar-refractivity contribution >= 4 is 33.3 Å². The Labute approximate surface area is 100 Å². The van der Waals surface area contributed by atoms with E-state index in [9.17, 15) is 9.59 Å². The van der Waals surface area contributed by atoms with E-state index in [1.807, 2.05) is 0 Å². The van der Waals surface area contributed by atoms with Gasteiger partial charge >= 0.3 is 0 Å². The summed E-state index contributed by atoms with van der Waals surface area (Å²) in [5, 5.41) is 2.20. The fourth-order valence-corrected chi connectivity index (χ4v) is 1.91. The number of imide groups is 1. The van der Waals surface area contributed by atoms with Crippen molar-refractivity contribution < 1.29 is 14.3 Å². The Morgan fingerprint density at radius 3 is 2.62 bits per heavy atom. The third-order valence-electron chi connectivity index (χ3n) is 2.22. The van der Waals surface area contributed by atoms with Crippen LogP contribution in [0.3, 0.4) is 0 Å². The van der Waals surface area contributed by atoms with Crippen LogP contribution in [-0.4, -0.2) is 18.9 Å². The van der Waals surface area contributed by atoms with Crippen molar-refractivity contribution in [2.45, 2.75) is 0 Å². The Bertz CT molecular complexity index is 508. The lowest BCUT2D eigenvalue weighted by atomic mass is 10.1. The van der Waals surface area contributed by atoms with Crippen molar-refractivity contribution in [2.24, 2.45) is 0 Å². The first-order valence-corrected chi connectivity index (χ1v) is 5.32. The van der Waals surface area contributed by atoms with E-state index in [4.69, 9.17) is 4.74 Å². The summed E-state index contributed by atoms with van der Waals surface area (Å²) in [6, 6.07) is 5.24. The standard InChI is InChI=1S/C11H8BrNO3/c1-16-6-2-3-9(12)7(4-6)8-5-10(14)13-11(8)15/h2-5H,1H3,(H,13,14,15). The van der Waals surface area contributed by atoms with Gasteiger partial charge in [-0.15, -0.1) is 0 Å². The average Bonchev–Trinajstić information content (AvgIpc) is 2.58. The van der Waals surface area contributed by atoms with Gasteiger partial charge in [0.1, 0.15) is 5.75 Å². The SMILES string of the molecule is COc1ccc(Br)c(C2=CC(=O)NC2=O)c1. The monoisotopic (exact) mass is 281 g/mol. The maximum Gasteiger partial charge on any atom is 0.258 e. The second-order valence-corrected chi connectivity index (χ2v) is 4.08. The van der Waals surface area contributed by atoms with E-state index < -0.39 is 5.91 Å². The predicted octanol–water partition coefficient (Wildman–Crippen LogP) is 1.50. The van der Waals surface area contributed by atoms with Crippen molar-refractivity contribution in [3.8, 4) is 5.75 Å². The number of carbonyl (C=O) groups is 2. The third-order valence-corrected chi connectivity index (χ3v) is 2.91. The Hall–Kier alpha value is -1.62. The van der Waals surface area contributed by atoms with Crippen LogP contribution in [0.25, 0.3) is 5.57 Å². The second-order valence-electron chi connectivity index (χ2n) is 3.22. The molecule has 0 atom stereocenters. The molecular formula is C11H8BrNO3. The molecule has 4 nitrogen and oxygen atoms in total. The van der Waals surface area contributed by atoms with Crippen LogP contribution in [-0.2, 0) is 9.59 Å². The topological polar surface area (TPSA) is 55.4 Å². The van der Waals surface area contributed by atoms with Gasteiger partial charge in [0, 0.05) is 16.1 Å². The molecule has 0 spiro atoms. The molecule has 0 unspecified atom stereocenters. The van der Waals surface area contributed by atoms with E-state index in [0.29, 0.717) is 16.9 Å². The van der Waals surface area contributed by atoms with E-state index in [-0.39, 0.29) is 5.91 Å². The normalized spacial score (nSPS) is 14.8. The number of methoxy groups -OCH3 is 1. The zero-order valence-electron chi connectivity index (χ0n) is 8.41. The zero-order valence-corrected chi connectivity index (χ0v) is 10.00. The molecule has 0 aromatic heterocycles. The van der Waals surface area contributed by atoms with Crippen LogP contribution in [0, 0.1) is 0 Å². The first-order chi connectivity index (χ1) is 7.61. The van der Waals surface area contributed by atoms with Gasteiger partial charge in [0.25, 0.3) is 11.8 Å². The molecule has 1 N–H and O–H groups in total. The number of amides is 2. The summed E-state index contributed by atoms with van der Waals surface area (Å²) in [4.78, 5) is 22.5. The summed E-state index contributed by atoms with van der Waals surface area (Å²) in [6.07, 6.45) is 1.28. The maximum absolute atomic E-state index is 11.5.